The molecular weight excluding hydrogens is 302 g/mol. The third-order valence-electron chi connectivity index (χ3n) is 3.97. The van der Waals surface area contributed by atoms with E-state index in [1.165, 1.54) is 0 Å². The Morgan fingerprint density at radius 2 is 1.92 bits per heavy atom. The summed E-state index contributed by atoms with van der Waals surface area (Å²) in [5, 5.41) is 2.97. The molecule has 1 atom stereocenters. The predicted molar refractivity (Wildman–Crippen MR) is 94.9 cm³/mol. The molecule has 128 valence electrons. The monoisotopic (exact) mass is 327 g/mol. The molecule has 1 heterocycles. The van der Waals surface area contributed by atoms with Crippen LogP contribution in [0.1, 0.15) is 37.4 Å². The van der Waals surface area contributed by atoms with Crippen molar-refractivity contribution in [2.45, 2.75) is 32.9 Å². The highest BCUT2D eigenvalue weighted by atomic mass is 16.5. The van der Waals surface area contributed by atoms with Gasteiger partial charge >= 0.3 is 6.03 Å². The van der Waals surface area contributed by atoms with Gasteiger partial charge in [-0.1, -0.05) is 25.1 Å². The zero-order chi connectivity index (χ0) is 17.4. The Kier molecular flexibility index (Phi) is 6.61. The number of ether oxygens (including phenoxy) is 1. The molecule has 0 aliphatic rings. The molecule has 1 aromatic heterocycles. The van der Waals surface area contributed by atoms with E-state index in [1.54, 1.807) is 17.3 Å². The maximum Gasteiger partial charge on any atom is 0.317 e. The van der Waals surface area contributed by atoms with Crippen LogP contribution in [0.3, 0.4) is 0 Å². The van der Waals surface area contributed by atoms with Gasteiger partial charge in [-0.3, -0.25) is 4.98 Å². The Morgan fingerprint density at radius 3 is 2.58 bits per heavy atom. The molecule has 0 fully saturated rings. The summed E-state index contributed by atoms with van der Waals surface area (Å²) in [5.74, 6) is 0.809. The number of para-hydroxylation sites is 1. The number of carbonyl (C=O) groups excluding carboxylic acids is 1. The number of nitrogens with zero attached hydrogens (tertiary/aromatic N) is 2. The second-order valence-electron chi connectivity index (χ2n) is 5.51. The molecule has 0 spiro atoms. The van der Waals surface area contributed by atoms with Crippen LogP contribution in [0, 0.1) is 0 Å². The normalized spacial score (nSPS) is 11.6. The first-order valence-corrected chi connectivity index (χ1v) is 8.28. The highest BCUT2D eigenvalue weighted by Gasteiger charge is 2.20. The number of urea groups is 1. The number of hydrogen-bond donors (Lipinski definition) is 1. The summed E-state index contributed by atoms with van der Waals surface area (Å²) in [6, 6.07) is 11.6. The van der Waals surface area contributed by atoms with Gasteiger partial charge in [0.25, 0.3) is 0 Å². The molecule has 0 aliphatic carbocycles. The third-order valence-corrected chi connectivity index (χ3v) is 3.97. The Bertz CT molecular complexity index is 646. The first kappa shape index (κ1) is 17.8. The van der Waals surface area contributed by atoms with Gasteiger partial charge in [-0.2, -0.15) is 0 Å². The van der Waals surface area contributed by atoms with Gasteiger partial charge in [0.1, 0.15) is 5.75 Å². The molecule has 0 saturated carbocycles. The molecule has 1 N–H and O–H groups in total. The van der Waals surface area contributed by atoms with Crippen LogP contribution in [0.5, 0.6) is 5.75 Å². The summed E-state index contributed by atoms with van der Waals surface area (Å²) in [7, 11) is 1.82. The summed E-state index contributed by atoms with van der Waals surface area (Å²) < 4.78 is 5.60. The summed E-state index contributed by atoms with van der Waals surface area (Å²) in [4.78, 5) is 18.3. The van der Waals surface area contributed by atoms with E-state index in [2.05, 4.69) is 17.2 Å². The standard InChI is InChI=1S/C19H25N3O2/c1-4-17(15-10-12-20-13-11-15)22(3)19(23)21-14-16-8-6-7-9-18(16)24-5-2/h6-13,17H,4-5,14H2,1-3H3,(H,21,23)/t17-/m0/s1. The average molecular weight is 327 g/mol. The van der Waals surface area contributed by atoms with Gasteiger partial charge in [0.05, 0.1) is 12.6 Å². The third kappa shape index (κ3) is 4.47. The lowest BCUT2D eigenvalue weighted by Gasteiger charge is -2.28. The topological polar surface area (TPSA) is 54.5 Å². The van der Waals surface area contributed by atoms with Crippen LogP contribution in [-0.4, -0.2) is 29.6 Å². The van der Waals surface area contributed by atoms with Crippen molar-refractivity contribution in [3.8, 4) is 5.75 Å². The summed E-state index contributed by atoms with van der Waals surface area (Å²) >= 11 is 0. The number of amides is 2. The molecule has 5 heteroatoms. The first-order chi connectivity index (χ1) is 11.7. The van der Waals surface area contributed by atoms with E-state index in [0.29, 0.717) is 13.2 Å². The highest BCUT2D eigenvalue weighted by molar-refractivity contribution is 5.74. The van der Waals surface area contributed by atoms with Crippen LogP contribution in [0.15, 0.2) is 48.8 Å². The van der Waals surface area contributed by atoms with Gasteiger partial charge in [0.15, 0.2) is 0 Å². The number of hydrogen-bond acceptors (Lipinski definition) is 3. The summed E-state index contributed by atoms with van der Waals surface area (Å²) in [6.07, 6.45) is 4.34. The zero-order valence-electron chi connectivity index (χ0n) is 14.5. The molecule has 0 radical (unpaired) electrons. The van der Waals surface area contributed by atoms with E-state index in [0.717, 1.165) is 23.3 Å². The number of pyridine rings is 1. The fraction of sp³-hybridized carbons (Fsp3) is 0.368. The zero-order valence-corrected chi connectivity index (χ0v) is 14.5. The van der Waals surface area contributed by atoms with Crippen molar-refractivity contribution < 1.29 is 9.53 Å². The minimum atomic E-state index is -0.107. The minimum Gasteiger partial charge on any atom is -0.494 e. The molecule has 0 unspecified atom stereocenters. The SMILES string of the molecule is CCOc1ccccc1CNC(=O)N(C)[C@@H](CC)c1ccncc1. The van der Waals surface area contributed by atoms with E-state index in [9.17, 15) is 4.79 Å². The second-order valence-corrected chi connectivity index (χ2v) is 5.51. The maximum absolute atomic E-state index is 12.5. The minimum absolute atomic E-state index is 0.0233. The fourth-order valence-corrected chi connectivity index (χ4v) is 2.70. The predicted octanol–water partition coefficient (Wildman–Crippen LogP) is 3.77. The average Bonchev–Trinajstić information content (AvgIpc) is 2.62. The van der Waals surface area contributed by atoms with Crippen molar-refractivity contribution in [2.75, 3.05) is 13.7 Å². The van der Waals surface area contributed by atoms with Gasteiger partial charge in [-0.25, -0.2) is 4.79 Å². The number of aromatic nitrogens is 1. The van der Waals surface area contributed by atoms with Crippen LogP contribution >= 0.6 is 0 Å². The van der Waals surface area contributed by atoms with Gasteiger partial charge < -0.3 is 15.0 Å². The first-order valence-electron chi connectivity index (χ1n) is 8.28. The number of rotatable bonds is 7. The maximum atomic E-state index is 12.5. The van der Waals surface area contributed by atoms with Crippen molar-refractivity contribution in [3.05, 3.63) is 59.9 Å². The smallest absolute Gasteiger partial charge is 0.317 e. The van der Waals surface area contributed by atoms with E-state index in [4.69, 9.17) is 4.74 Å². The molecular formula is C19H25N3O2. The molecule has 5 nitrogen and oxygen atoms in total. The van der Waals surface area contributed by atoms with Crippen molar-refractivity contribution >= 4 is 6.03 Å². The van der Waals surface area contributed by atoms with Crippen molar-refractivity contribution in [3.63, 3.8) is 0 Å². The van der Waals surface area contributed by atoms with Crippen LogP contribution in [0.25, 0.3) is 0 Å². The molecule has 0 bridgehead atoms. The van der Waals surface area contributed by atoms with Crippen molar-refractivity contribution in [2.24, 2.45) is 0 Å². The van der Waals surface area contributed by atoms with Crippen molar-refractivity contribution in [1.82, 2.24) is 15.2 Å². The van der Waals surface area contributed by atoms with Gasteiger partial charge in [-0.05, 0) is 37.1 Å². The van der Waals surface area contributed by atoms with Crippen LogP contribution < -0.4 is 10.1 Å². The van der Waals surface area contributed by atoms with E-state index >= 15 is 0 Å². The number of carbonyl (C=O) groups is 1. The lowest BCUT2D eigenvalue weighted by molar-refractivity contribution is 0.188. The highest BCUT2D eigenvalue weighted by Crippen LogP contribution is 2.22. The van der Waals surface area contributed by atoms with E-state index < -0.39 is 0 Å². The number of nitrogens with one attached hydrogen (secondary N) is 1. The Balaban J connectivity index is 2.01. The fourth-order valence-electron chi connectivity index (χ4n) is 2.70. The van der Waals surface area contributed by atoms with Crippen molar-refractivity contribution in [1.29, 1.82) is 0 Å². The lowest BCUT2D eigenvalue weighted by Crippen LogP contribution is -2.39. The molecule has 0 aliphatic heterocycles. The summed E-state index contributed by atoms with van der Waals surface area (Å²) in [6.45, 7) is 5.06. The van der Waals surface area contributed by atoms with Gasteiger partial charge in [0, 0.05) is 31.5 Å². The molecule has 1 aromatic carbocycles. The van der Waals surface area contributed by atoms with Gasteiger partial charge in [-0.15, -0.1) is 0 Å². The molecule has 0 saturated heterocycles. The Labute approximate surface area is 143 Å². The largest absolute Gasteiger partial charge is 0.494 e. The second kappa shape index (κ2) is 8.91. The Hall–Kier alpha value is -2.56. The molecule has 2 rings (SSSR count). The molecule has 2 amide bonds. The van der Waals surface area contributed by atoms with E-state index in [-0.39, 0.29) is 12.1 Å². The van der Waals surface area contributed by atoms with Gasteiger partial charge in [0.2, 0.25) is 0 Å². The number of benzene rings is 1. The molecule has 24 heavy (non-hydrogen) atoms. The Morgan fingerprint density at radius 1 is 1.21 bits per heavy atom. The quantitative estimate of drug-likeness (QED) is 0.842. The lowest BCUT2D eigenvalue weighted by atomic mass is 10.1. The summed E-state index contributed by atoms with van der Waals surface area (Å²) in [5.41, 5.74) is 2.05. The molecule has 2 aromatic rings. The van der Waals surface area contributed by atoms with Crippen LogP contribution in [0.4, 0.5) is 4.79 Å². The van der Waals surface area contributed by atoms with Crippen LogP contribution in [-0.2, 0) is 6.54 Å². The van der Waals surface area contributed by atoms with E-state index in [1.807, 2.05) is 50.4 Å². The van der Waals surface area contributed by atoms with Crippen LogP contribution in [0.2, 0.25) is 0 Å².